The summed E-state index contributed by atoms with van der Waals surface area (Å²) >= 11 is 0. The van der Waals surface area contributed by atoms with Crippen LogP contribution in [0.2, 0.25) is 0 Å². The second-order valence-corrected chi connectivity index (χ2v) is 6.32. The summed E-state index contributed by atoms with van der Waals surface area (Å²) in [5.41, 5.74) is 2.91. The predicted molar refractivity (Wildman–Crippen MR) is 101 cm³/mol. The normalized spacial score (nSPS) is 19.5. The Hall–Kier alpha value is -2.98. The van der Waals surface area contributed by atoms with Crippen molar-refractivity contribution in [2.75, 3.05) is 12.2 Å². The maximum atomic E-state index is 10.5. The van der Waals surface area contributed by atoms with Crippen molar-refractivity contribution in [2.24, 2.45) is 0 Å². The lowest BCUT2D eigenvalue weighted by atomic mass is 9.97. The van der Waals surface area contributed by atoms with Crippen LogP contribution in [0.15, 0.2) is 78.9 Å². The quantitative estimate of drug-likeness (QED) is 0.719. The zero-order valence-corrected chi connectivity index (χ0v) is 14.6. The standard InChI is InChI=1S/C22H21NO3/c1-25-20-14-8-13-18(22(20)24)21-15-19(16-9-4-2-5-10-16)23(26-21)17-11-6-3-7-12-17/h2-14,19,21,24H,15H2,1H3/t19-,21+/m0/s1. The maximum Gasteiger partial charge on any atom is 0.163 e. The minimum atomic E-state index is -0.254. The number of aromatic hydroxyl groups is 1. The Balaban J connectivity index is 1.72. The van der Waals surface area contributed by atoms with Gasteiger partial charge in [0.25, 0.3) is 0 Å². The molecule has 0 aliphatic carbocycles. The third kappa shape index (κ3) is 3.00. The highest BCUT2D eigenvalue weighted by Crippen LogP contribution is 2.47. The van der Waals surface area contributed by atoms with E-state index in [1.807, 2.05) is 65.7 Å². The summed E-state index contributed by atoms with van der Waals surface area (Å²) in [5, 5.41) is 12.5. The average Bonchev–Trinajstić information content (AvgIpc) is 3.15. The number of para-hydroxylation sites is 2. The van der Waals surface area contributed by atoms with Crippen LogP contribution in [0.5, 0.6) is 11.5 Å². The SMILES string of the molecule is COc1cccc([C@H]2C[C@@H](c3ccccc3)N(c3ccccc3)O2)c1O. The number of methoxy groups -OCH3 is 1. The van der Waals surface area contributed by atoms with E-state index in [0.717, 1.165) is 17.7 Å². The van der Waals surface area contributed by atoms with Crippen molar-refractivity contribution in [3.8, 4) is 11.5 Å². The van der Waals surface area contributed by atoms with Crippen LogP contribution in [-0.2, 0) is 4.84 Å². The van der Waals surface area contributed by atoms with Gasteiger partial charge in [0.2, 0.25) is 0 Å². The molecule has 1 aliphatic heterocycles. The smallest absolute Gasteiger partial charge is 0.163 e. The lowest BCUT2D eigenvalue weighted by molar-refractivity contribution is 0.0816. The highest BCUT2D eigenvalue weighted by molar-refractivity contribution is 5.50. The summed E-state index contributed by atoms with van der Waals surface area (Å²) in [6, 6.07) is 25.9. The third-order valence-corrected chi connectivity index (χ3v) is 4.75. The van der Waals surface area contributed by atoms with E-state index in [1.165, 1.54) is 5.56 Å². The zero-order valence-electron chi connectivity index (χ0n) is 14.6. The van der Waals surface area contributed by atoms with Crippen LogP contribution < -0.4 is 9.80 Å². The van der Waals surface area contributed by atoms with Gasteiger partial charge in [-0.1, -0.05) is 60.7 Å². The van der Waals surface area contributed by atoms with Crippen molar-refractivity contribution in [3.05, 3.63) is 90.0 Å². The fraction of sp³-hybridized carbons (Fsp3) is 0.182. The van der Waals surface area contributed by atoms with Crippen LogP contribution in [0.1, 0.15) is 29.7 Å². The molecule has 4 rings (SSSR count). The minimum absolute atomic E-state index is 0.0641. The van der Waals surface area contributed by atoms with Gasteiger partial charge in [-0.15, -0.1) is 0 Å². The molecule has 3 aromatic rings. The van der Waals surface area contributed by atoms with Crippen molar-refractivity contribution >= 4 is 5.69 Å². The second-order valence-electron chi connectivity index (χ2n) is 6.32. The Morgan fingerprint density at radius 2 is 1.62 bits per heavy atom. The van der Waals surface area contributed by atoms with Gasteiger partial charge in [-0.05, 0) is 23.8 Å². The lowest BCUT2D eigenvalue weighted by Gasteiger charge is -2.25. The van der Waals surface area contributed by atoms with Gasteiger partial charge in [-0.2, -0.15) is 0 Å². The van der Waals surface area contributed by atoms with E-state index >= 15 is 0 Å². The summed E-state index contributed by atoms with van der Waals surface area (Å²) in [4.78, 5) is 6.30. The molecule has 2 atom stereocenters. The third-order valence-electron chi connectivity index (χ3n) is 4.75. The molecule has 0 amide bonds. The lowest BCUT2D eigenvalue weighted by Crippen LogP contribution is -2.21. The number of nitrogens with zero attached hydrogens (tertiary/aromatic N) is 1. The summed E-state index contributed by atoms with van der Waals surface area (Å²) in [6.07, 6.45) is 0.482. The number of hydrogen-bond acceptors (Lipinski definition) is 4. The first-order chi connectivity index (χ1) is 12.8. The number of phenols is 1. The van der Waals surface area contributed by atoms with Crippen molar-refractivity contribution in [3.63, 3.8) is 0 Å². The predicted octanol–water partition coefficient (Wildman–Crippen LogP) is 5.03. The van der Waals surface area contributed by atoms with E-state index in [-0.39, 0.29) is 17.9 Å². The number of rotatable bonds is 4. The maximum absolute atomic E-state index is 10.5. The molecule has 0 aromatic heterocycles. The molecule has 1 fully saturated rings. The topological polar surface area (TPSA) is 41.9 Å². The highest BCUT2D eigenvalue weighted by Gasteiger charge is 2.37. The van der Waals surface area contributed by atoms with E-state index < -0.39 is 0 Å². The first-order valence-electron chi connectivity index (χ1n) is 8.70. The highest BCUT2D eigenvalue weighted by atomic mass is 16.7. The first-order valence-corrected chi connectivity index (χ1v) is 8.70. The van der Waals surface area contributed by atoms with E-state index in [2.05, 4.69) is 12.1 Å². The summed E-state index contributed by atoms with van der Waals surface area (Å²) in [5.74, 6) is 0.599. The van der Waals surface area contributed by atoms with Crippen molar-refractivity contribution in [1.29, 1.82) is 0 Å². The van der Waals surface area contributed by atoms with Gasteiger partial charge in [0, 0.05) is 12.0 Å². The number of hydrogen-bond donors (Lipinski definition) is 1. The second kappa shape index (κ2) is 7.10. The molecule has 4 heteroatoms. The Morgan fingerprint density at radius 3 is 2.31 bits per heavy atom. The number of benzene rings is 3. The Morgan fingerprint density at radius 1 is 0.923 bits per heavy atom. The summed E-state index contributed by atoms with van der Waals surface area (Å²) in [6.45, 7) is 0. The molecule has 4 nitrogen and oxygen atoms in total. The van der Waals surface area contributed by atoms with Crippen LogP contribution in [0, 0.1) is 0 Å². The van der Waals surface area contributed by atoms with Gasteiger partial charge < -0.3 is 9.84 Å². The minimum Gasteiger partial charge on any atom is -0.504 e. The molecule has 1 aliphatic rings. The molecule has 1 saturated heterocycles. The van der Waals surface area contributed by atoms with Gasteiger partial charge in [-0.3, -0.25) is 4.84 Å². The van der Waals surface area contributed by atoms with Gasteiger partial charge in [0.1, 0.15) is 6.10 Å². The molecular weight excluding hydrogens is 326 g/mol. The number of hydroxylamine groups is 1. The van der Waals surface area contributed by atoms with Crippen LogP contribution >= 0.6 is 0 Å². The average molecular weight is 347 g/mol. The molecule has 1 N–H and O–H groups in total. The molecular formula is C22H21NO3. The van der Waals surface area contributed by atoms with Crippen LogP contribution in [0.4, 0.5) is 5.69 Å². The van der Waals surface area contributed by atoms with Crippen molar-refractivity contribution in [2.45, 2.75) is 18.6 Å². The number of ether oxygens (including phenoxy) is 1. The number of phenolic OH excluding ortho intramolecular Hbond substituents is 1. The Labute approximate surface area is 153 Å². The summed E-state index contributed by atoms with van der Waals surface area (Å²) in [7, 11) is 1.55. The molecule has 0 spiro atoms. The van der Waals surface area contributed by atoms with Crippen LogP contribution in [0.3, 0.4) is 0 Å². The van der Waals surface area contributed by atoms with Gasteiger partial charge in [0.05, 0.1) is 18.8 Å². The van der Waals surface area contributed by atoms with Crippen molar-refractivity contribution in [1.82, 2.24) is 0 Å². The molecule has 1 heterocycles. The molecule has 0 radical (unpaired) electrons. The van der Waals surface area contributed by atoms with E-state index in [1.54, 1.807) is 13.2 Å². The van der Waals surface area contributed by atoms with E-state index in [9.17, 15) is 5.11 Å². The first kappa shape index (κ1) is 16.5. The fourth-order valence-electron chi connectivity index (χ4n) is 3.46. The fourth-order valence-corrected chi connectivity index (χ4v) is 3.46. The van der Waals surface area contributed by atoms with Crippen LogP contribution in [-0.4, -0.2) is 12.2 Å². The molecule has 3 aromatic carbocycles. The Bertz CT molecular complexity index is 820. The Kier molecular flexibility index (Phi) is 4.50. The largest absolute Gasteiger partial charge is 0.504 e. The van der Waals surface area contributed by atoms with Gasteiger partial charge in [-0.25, -0.2) is 5.06 Å². The summed E-state index contributed by atoms with van der Waals surface area (Å²) < 4.78 is 5.25. The van der Waals surface area contributed by atoms with Crippen LogP contribution in [0.25, 0.3) is 0 Å². The monoisotopic (exact) mass is 347 g/mol. The molecule has 0 unspecified atom stereocenters. The van der Waals surface area contributed by atoms with E-state index in [4.69, 9.17) is 9.57 Å². The van der Waals surface area contributed by atoms with E-state index in [0.29, 0.717) is 5.75 Å². The number of anilines is 1. The molecule has 132 valence electrons. The molecule has 26 heavy (non-hydrogen) atoms. The molecule has 0 saturated carbocycles. The zero-order chi connectivity index (χ0) is 17.9. The molecule has 0 bridgehead atoms. The van der Waals surface area contributed by atoms with Crippen molar-refractivity contribution < 1.29 is 14.7 Å². The van der Waals surface area contributed by atoms with Gasteiger partial charge in [0.15, 0.2) is 11.5 Å². The van der Waals surface area contributed by atoms with Gasteiger partial charge >= 0.3 is 0 Å².